The SMILES string of the molecule is CCCCCc1cccc(C2C3CC4C5C(=CCCN4C(C(O)C4C=CCC(C6CCCC6)C4)C3CC23CCCC3)OC(=C2OC(=O)C(C)=C2OC)C5C)c1. The van der Waals surface area contributed by atoms with Gasteiger partial charge in [0.2, 0.25) is 5.76 Å². The van der Waals surface area contributed by atoms with Gasteiger partial charge in [0.25, 0.3) is 0 Å². The fourth-order valence-electron chi connectivity index (χ4n) is 14.0. The Bertz CT molecular complexity index is 1730. The van der Waals surface area contributed by atoms with Crippen molar-refractivity contribution in [3.8, 4) is 0 Å². The Morgan fingerprint density at radius 3 is 2.64 bits per heavy atom. The van der Waals surface area contributed by atoms with E-state index in [-0.39, 0.29) is 35.8 Å². The van der Waals surface area contributed by atoms with E-state index in [2.05, 4.69) is 61.2 Å². The molecule has 0 bridgehead atoms. The van der Waals surface area contributed by atoms with Gasteiger partial charge in [0.05, 0.1) is 18.8 Å². The van der Waals surface area contributed by atoms with Crippen molar-refractivity contribution in [2.24, 2.45) is 46.8 Å². The molecule has 0 amide bonds. The van der Waals surface area contributed by atoms with E-state index in [1.807, 2.05) is 0 Å². The van der Waals surface area contributed by atoms with Gasteiger partial charge in [-0.25, -0.2) is 4.79 Å². The molecular weight excluding hydrogens is 683 g/mol. The lowest BCUT2D eigenvalue weighted by Gasteiger charge is -2.53. The first-order chi connectivity index (χ1) is 26.8. The first kappa shape index (κ1) is 37.7. The molecule has 8 aliphatic rings. The number of cyclic esters (lactones) is 1. The van der Waals surface area contributed by atoms with E-state index in [0.29, 0.717) is 46.2 Å². The van der Waals surface area contributed by atoms with Gasteiger partial charge in [-0.15, -0.1) is 0 Å². The summed E-state index contributed by atoms with van der Waals surface area (Å²) in [5.74, 6) is 5.64. The smallest absolute Gasteiger partial charge is 0.343 e. The molecule has 2 saturated heterocycles. The molecule has 10 unspecified atom stereocenters. The van der Waals surface area contributed by atoms with Crippen LogP contribution in [0.25, 0.3) is 0 Å². The van der Waals surface area contributed by atoms with Gasteiger partial charge in [-0.3, -0.25) is 4.90 Å². The number of hydrogen-bond donors (Lipinski definition) is 1. The highest BCUT2D eigenvalue weighted by molar-refractivity contribution is 5.93. The second-order valence-corrected chi connectivity index (χ2v) is 19.2. The number of ether oxygens (including phenoxy) is 3. The number of benzene rings is 1. The van der Waals surface area contributed by atoms with Crippen molar-refractivity contribution < 1.29 is 24.1 Å². The van der Waals surface area contributed by atoms with E-state index in [9.17, 15) is 9.90 Å². The van der Waals surface area contributed by atoms with Crippen LogP contribution in [0.4, 0.5) is 0 Å². The third-order valence-electron chi connectivity index (χ3n) is 16.4. The summed E-state index contributed by atoms with van der Waals surface area (Å²) in [7, 11) is 1.61. The molecule has 4 aliphatic carbocycles. The molecule has 10 atom stereocenters. The fourth-order valence-corrected chi connectivity index (χ4v) is 14.0. The number of aliphatic hydroxyl groups excluding tert-OH is 1. The Balaban J connectivity index is 1.12. The van der Waals surface area contributed by atoms with Gasteiger partial charge in [-0.1, -0.05) is 102 Å². The van der Waals surface area contributed by atoms with Crippen LogP contribution >= 0.6 is 0 Å². The summed E-state index contributed by atoms with van der Waals surface area (Å²) in [6, 6.07) is 10.1. The standard InChI is InChI=1S/C49H67NO5/c1-5-6-7-15-32-16-12-20-35(26-32)42-37-28-39-41-30(2)46(47-45(53-4)31(3)48(52)55-47)54-40(41)22-14-25-50(39)43(38(37)29-49(42)23-10-11-24-49)44(51)36-21-13-19-34(27-36)33-17-8-9-18-33/h12-13,16,20-22,26,30,33-34,36-39,41-44,51H,5-11,14-15,17-19,23-25,27-29H2,1-4H3. The summed E-state index contributed by atoms with van der Waals surface area (Å²) in [4.78, 5) is 15.6. The molecule has 3 saturated carbocycles. The molecule has 0 radical (unpaired) electrons. The van der Waals surface area contributed by atoms with E-state index >= 15 is 0 Å². The van der Waals surface area contributed by atoms with Crippen LogP contribution in [0.1, 0.15) is 141 Å². The molecule has 4 aliphatic heterocycles. The Kier molecular flexibility index (Phi) is 10.6. The van der Waals surface area contributed by atoms with Gasteiger partial charge >= 0.3 is 5.97 Å². The zero-order chi connectivity index (χ0) is 37.8. The maximum absolute atomic E-state index is 13.1. The molecule has 1 spiro atoms. The number of nitrogens with zero attached hydrogens (tertiary/aromatic N) is 1. The second-order valence-electron chi connectivity index (χ2n) is 19.2. The zero-order valence-corrected chi connectivity index (χ0v) is 34.1. The van der Waals surface area contributed by atoms with E-state index in [1.54, 1.807) is 19.6 Å². The summed E-state index contributed by atoms with van der Waals surface area (Å²) in [6.45, 7) is 7.29. The van der Waals surface area contributed by atoms with E-state index in [1.165, 1.54) is 89.0 Å². The topological polar surface area (TPSA) is 68.2 Å². The van der Waals surface area contributed by atoms with Gasteiger partial charge in [0.15, 0.2) is 11.5 Å². The van der Waals surface area contributed by atoms with Crippen LogP contribution in [-0.2, 0) is 25.4 Å². The molecule has 1 N–H and O–H groups in total. The minimum atomic E-state index is -0.396. The zero-order valence-electron chi connectivity index (χ0n) is 34.1. The molecule has 1 aromatic rings. The van der Waals surface area contributed by atoms with Crippen LogP contribution in [0.3, 0.4) is 0 Å². The summed E-state index contributed by atoms with van der Waals surface area (Å²) < 4.78 is 18.5. The number of esters is 1. The minimum absolute atomic E-state index is 0.00792. The number of aryl methyl sites for hydroxylation is 1. The lowest BCUT2D eigenvalue weighted by molar-refractivity contribution is -0.133. The number of fused-ring (bicyclic) bond motifs is 4. The minimum Gasteiger partial charge on any atom is -0.492 e. The summed E-state index contributed by atoms with van der Waals surface area (Å²) >= 11 is 0. The molecule has 6 nitrogen and oxygen atoms in total. The monoisotopic (exact) mass is 750 g/mol. The Morgan fingerprint density at radius 1 is 1.04 bits per heavy atom. The molecular formula is C49H67NO5. The molecule has 6 heteroatoms. The van der Waals surface area contributed by atoms with Crippen molar-refractivity contribution in [2.45, 2.75) is 154 Å². The summed E-state index contributed by atoms with van der Waals surface area (Å²) in [6.07, 6.45) is 28.0. The number of carbonyl (C=O) groups is 1. The third kappa shape index (κ3) is 6.58. The van der Waals surface area contributed by atoms with Crippen molar-refractivity contribution >= 4 is 5.97 Å². The molecule has 9 rings (SSSR count). The predicted octanol–water partition coefficient (Wildman–Crippen LogP) is 10.5. The van der Waals surface area contributed by atoms with Gasteiger partial charge in [-0.2, -0.15) is 0 Å². The largest absolute Gasteiger partial charge is 0.492 e. The number of aliphatic hydroxyl groups is 1. The maximum Gasteiger partial charge on any atom is 0.343 e. The van der Waals surface area contributed by atoms with Crippen molar-refractivity contribution in [1.29, 1.82) is 0 Å². The van der Waals surface area contributed by atoms with Crippen LogP contribution in [-0.4, -0.2) is 47.8 Å². The van der Waals surface area contributed by atoms with Crippen LogP contribution in [0.2, 0.25) is 0 Å². The number of hydrogen-bond acceptors (Lipinski definition) is 6. The lowest BCUT2D eigenvalue weighted by Crippen LogP contribution is -2.61. The van der Waals surface area contributed by atoms with Crippen molar-refractivity contribution in [3.05, 3.63) is 82.2 Å². The average molecular weight is 750 g/mol. The van der Waals surface area contributed by atoms with Crippen molar-refractivity contribution in [1.82, 2.24) is 4.90 Å². The summed E-state index contributed by atoms with van der Waals surface area (Å²) in [5, 5.41) is 13.1. The Morgan fingerprint density at radius 2 is 1.85 bits per heavy atom. The van der Waals surface area contributed by atoms with Gasteiger partial charge in [-0.05, 0) is 117 Å². The Labute approximate surface area is 330 Å². The van der Waals surface area contributed by atoms with Gasteiger partial charge < -0.3 is 19.3 Å². The molecule has 55 heavy (non-hydrogen) atoms. The van der Waals surface area contributed by atoms with Crippen LogP contribution in [0.15, 0.2) is 71.1 Å². The van der Waals surface area contributed by atoms with Gasteiger partial charge in [0, 0.05) is 36.4 Å². The Hall–Kier alpha value is -2.83. The van der Waals surface area contributed by atoms with E-state index in [4.69, 9.17) is 14.2 Å². The summed E-state index contributed by atoms with van der Waals surface area (Å²) in [5.41, 5.74) is 3.86. The fraction of sp³-hybridized carbons (Fsp3) is 0.694. The quantitative estimate of drug-likeness (QED) is 0.154. The highest BCUT2D eigenvalue weighted by Gasteiger charge is 2.63. The number of piperidine rings is 1. The van der Waals surface area contributed by atoms with Crippen molar-refractivity contribution in [2.75, 3.05) is 13.7 Å². The molecule has 4 heterocycles. The number of unbranched alkanes of at least 4 members (excludes halogenated alkanes) is 2. The first-order valence-corrected chi connectivity index (χ1v) is 22.6. The first-order valence-electron chi connectivity index (χ1n) is 22.6. The van der Waals surface area contributed by atoms with Crippen molar-refractivity contribution in [3.63, 3.8) is 0 Å². The van der Waals surface area contributed by atoms with Crippen LogP contribution in [0.5, 0.6) is 0 Å². The highest BCUT2D eigenvalue weighted by Crippen LogP contribution is 2.67. The third-order valence-corrected chi connectivity index (χ3v) is 16.4. The number of rotatable bonds is 9. The van der Waals surface area contributed by atoms with Crippen LogP contribution < -0.4 is 0 Å². The highest BCUT2D eigenvalue weighted by atomic mass is 16.6. The van der Waals surface area contributed by atoms with E-state index in [0.717, 1.165) is 49.7 Å². The molecule has 1 aromatic carbocycles. The average Bonchev–Trinajstić information content (AvgIpc) is 4.03. The van der Waals surface area contributed by atoms with Crippen LogP contribution in [0, 0.1) is 46.8 Å². The van der Waals surface area contributed by atoms with E-state index < -0.39 is 6.10 Å². The maximum atomic E-state index is 13.1. The predicted molar refractivity (Wildman–Crippen MR) is 216 cm³/mol. The lowest BCUT2D eigenvalue weighted by atomic mass is 9.65. The molecule has 5 fully saturated rings. The normalized spacial score (nSPS) is 37.7. The van der Waals surface area contributed by atoms with Gasteiger partial charge in [0.1, 0.15) is 5.76 Å². The number of allylic oxidation sites excluding steroid dienone is 2. The number of methoxy groups -OCH3 is 1. The molecule has 298 valence electrons. The molecule has 0 aromatic heterocycles. The number of carbonyl (C=O) groups excluding carboxylic acids is 1. The second kappa shape index (κ2) is 15.5.